The Morgan fingerprint density at radius 3 is 2.67 bits per heavy atom. The molecule has 0 spiro atoms. The van der Waals surface area contributed by atoms with E-state index in [-0.39, 0.29) is 37.2 Å². The van der Waals surface area contributed by atoms with Gasteiger partial charge in [-0.05, 0) is 54.8 Å². The molecule has 6 N–H and O–H groups in total. The van der Waals surface area contributed by atoms with Crippen molar-refractivity contribution >= 4 is 62.8 Å². The summed E-state index contributed by atoms with van der Waals surface area (Å²) in [7, 11) is 2.71. The maximum absolute atomic E-state index is 13.2. The molecule has 0 radical (unpaired) electrons. The van der Waals surface area contributed by atoms with Crippen LogP contribution >= 0.6 is 21.6 Å². The molecule has 1 aromatic carbocycles. The zero-order valence-corrected chi connectivity index (χ0v) is 27.3. The van der Waals surface area contributed by atoms with Crippen molar-refractivity contribution in [1.29, 1.82) is 0 Å². The van der Waals surface area contributed by atoms with Crippen LogP contribution in [0.5, 0.6) is 5.75 Å². The standard InChI is InChI=1S/C29H35N7O10S2/c30-11-3-1-5-20-29(42)35-21(28(41)33-17-26(39)46-25(38)10-14-47-48-24-6-2-4-12-31-24)9-13-45-22-8-7-18(36(43)44)15-19(22)27(40)32-16-23(37)34-20/h2,4,6-8,12,15,20-21H,1,3,5,9-11,13-14,16-17,30H2,(H,32,40)(H,33,41)(H,34,37)(H,35,42)/t20-,21-/m0/s1. The summed E-state index contributed by atoms with van der Waals surface area (Å²) in [4.78, 5) is 91.0. The number of benzene rings is 1. The molecular weight excluding hydrogens is 670 g/mol. The highest BCUT2D eigenvalue weighted by Crippen LogP contribution is 2.29. The Labute approximate surface area is 282 Å². The second-order valence-electron chi connectivity index (χ2n) is 10.1. The predicted molar refractivity (Wildman–Crippen MR) is 174 cm³/mol. The lowest BCUT2D eigenvalue weighted by Crippen LogP contribution is -2.55. The molecule has 0 unspecified atom stereocenters. The van der Waals surface area contributed by atoms with Gasteiger partial charge in [-0.2, -0.15) is 0 Å². The molecule has 0 fully saturated rings. The normalized spacial score (nSPS) is 16.9. The molecule has 258 valence electrons. The van der Waals surface area contributed by atoms with E-state index in [1.807, 2.05) is 12.1 Å². The number of aromatic nitrogens is 1. The Morgan fingerprint density at radius 1 is 1.12 bits per heavy atom. The summed E-state index contributed by atoms with van der Waals surface area (Å²) < 4.78 is 10.4. The molecule has 0 saturated heterocycles. The zero-order chi connectivity index (χ0) is 34.9. The minimum absolute atomic E-state index is 0.0693. The highest BCUT2D eigenvalue weighted by Gasteiger charge is 2.28. The number of nitrogens with one attached hydrogen (secondary N) is 4. The van der Waals surface area contributed by atoms with Crippen molar-refractivity contribution in [3.8, 4) is 5.75 Å². The number of ether oxygens (including phenoxy) is 2. The Hall–Kier alpha value is -4.75. The number of nitrogens with two attached hydrogens (primary N) is 1. The van der Waals surface area contributed by atoms with Gasteiger partial charge >= 0.3 is 11.9 Å². The van der Waals surface area contributed by atoms with Crippen LogP contribution < -0.4 is 31.7 Å². The van der Waals surface area contributed by atoms with E-state index in [1.54, 1.807) is 12.3 Å². The van der Waals surface area contributed by atoms with Gasteiger partial charge in [-0.1, -0.05) is 16.9 Å². The second kappa shape index (κ2) is 19.8. The quantitative estimate of drug-likeness (QED) is 0.0479. The fourth-order valence-corrected chi connectivity index (χ4v) is 6.00. The molecular formula is C29H35N7O10S2. The van der Waals surface area contributed by atoms with Gasteiger partial charge in [0.05, 0.1) is 30.1 Å². The lowest BCUT2D eigenvalue weighted by atomic mass is 10.1. The third-order valence-electron chi connectivity index (χ3n) is 6.53. The summed E-state index contributed by atoms with van der Waals surface area (Å²) in [6.07, 6.45) is 2.56. The van der Waals surface area contributed by atoms with E-state index in [1.165, 1.54) is 27.7 Å². The van der Waals surface area contributed by atoms with E-state index in [2.05, 4.69) is 26.3 Å². The molecule has 0 bridgehead atoms. The fraction of sp³-hybridized carbons (Fsp3) is 0.414. The summed E-state index contributed by atoms with van der Waals surface area (Å²) >= 11 is 0. The molecule has 0 saturated carbocycles. The van der Waals surface area contributed by atoms with Gasteiger partial charge in [-0.3, -0.25) is 34.1 Å². The minimum Gasteiger partial charge on any atom is -0.493 e. The number of non-ortho nitro benzene ring substituents is 1. The molecule has 19 heteroatoms. The van der Waals surface area contributed by atoms with Crippen molar-refractivity contribution in [2.45, 2.75) is 49.2 Å². The van der Waals surface area contributed by atoms with E-state index >= 15 is 0 Å². The van der Waals surface area contributed by atoms with Gasteiger partial charge < -0.3 is 36.5 Å². The number of nitro groups is 1. The molecule has 2 heterocycles. The first-order chi connectivity index (χ1) is 23.1. The van der Waals surface area contributed by atoms with E-state index < -0.39 is 71.4 Å². The van der Waals surface area contributed by atoms with Gasteiger partial charge in [-0.25, -0.2) is 9.78 Å². The van der Waals surface area contributed by atoms with Gasteiger partial charge in [0, 0.05) is 30.5 Å². The predicted octanol–water partition coefficient (Wildman–Crippen LogP) is 0.617. The average molecular weight is 706 g/mol. The van der Waals surface area contributed by atoms with E-state index in [4.69, 9.17) is 15.2 Å². The van der Waals surface area contributed by atoms with E-state index in [0.29, 0.717) is 25.1 Å². The van der Waals surface area contributed by atoms with Gasteiger partial charge in [-0.15, -0.1) is 0 Å². The van der Waals surface area contributed by atoms with E-state index in [9.17, 15) is 38.9 Å². The van der Waals surface area contributed by atoms with Crippen molar-refractivity contribution < 1.29 is 43.2 Å². The van der Waals surface area contributed by atoms with Gasteiger partial charge in [0.25, 0.3) is 11.6 Å². The van der Waals surface area contributed by atoms with Crippen molar-refractivity contribution in [2.24, 2.45) is 5.73 Å². The van der Waals surface area contributed by atoms with Crippen molar-refractivity contribution in [2.75, 3.05) is 32.0 Å². The van der Waals surface area contributed by atoms with Crippen LogP contribution in [0.3, 0.4) is 0 Å². The lowest BCUT2D eigenvalue weighted by Gasteiger charge is -2.24. The monoisotopic (exact) mass is 705 g/mol. The number of fused-ring (bicyclic) bond motifs is 1. The van der Waals surface area contributed by atoms with Gasteiger partial charge in [0.2, 0.25) is 17.7 Å². The van der Waals surface area contributed by atoms with Crippen LogP contribution in [-0.4, -0.2) is 89.6 Å². The molecule has 2 atom stereocenters. The smallest absolute Gasteiger partial charge is 0.333 e. The molecule has 4 amide bonds. The molecule has 1 aliphatic heterocycles. The molecule has 1 aliphatic rings. The molecule has 1 aromatic heterocycles. The third-order valence-corrected chi connectivity index (χ3v) is 8.80. The van der Waals surface area contributed by atoms with Crippen LogP contribution in [0.2, 0.25) is 0 Å². The number of pyridine rings is 1. The topological polar surface area (TPSA) is 251 Å². The number of unbranched alkanes of at least 4 members (excludes halogenated alkanes) is 1. The zero-order valence-electron chi connectivity index (χ0n) is 25.6. The number of rotatable bonds is 13. The largest absolute Gasteiger partial charge is 0.493 e. The van der Waals surface area contributed by atoms with Crippen LogP contribution in [0.1, 0.15) is 42.5 Å². The Kier molecular flexibility index (Phi) is 15.6. The maximum atomic E-state index is 13.2. The summed E-state index contributed by atoms with van der Waals surface area (Å²) in [6, 6.07) is 6.31. The number of esters is 2. The number of nitro benzene ring substituents is 1. The number of nitrogens with zero attached hydrogens (tertiary/aromatic N) is 2. The Bertz CT molecular complexity index is 1480. The highest BCUT2D eigenvalue weighted by molar-refractivity contribution is 8.76. The lowest BCUT2D eigenvalue weighted by molar-refractivity contribution is -0.384. The van der Waals surface area contributed by atoms with Crippen LogP contribution in [-0.2, 0) is 28.7 Å². The van der Waals surface area contributed by atoms with Crippen LogP contribution in [0.15, 0.2) is 47.6 Å². The number of amides is 4. The summed E-state index contributed by atoms with van der Waals surface area (Å²) in [5.41, 5.74) is 4.94. The summed E-state index contributed by atoms with van der Waals surface area (Å²) in [6.45, 7) is -1.16. The molecule has 0 aliphatic carbocycles. The Morgan fingerprint density at radius 2 is 1.94 bits per heavy atom. The molecule has 3 rings (SSSR count). The molecule has 17 nitrogen and oxygen atoms in total. The molecule has 2 aromatic rings. The number of carbonyl (C=O) groups excluding carboxylic acids is 6. The summed E-state index contributed by atoms with van der Waals surface area (Å²) in [5.74, 6) is -4.64. The van der Waals surface area contributed by atoms with Gasteiger partial charge in [0.1, 0.15) is 29.4 Å². The SMILES string of the molecule is NCCCC[C@@H]1NC(=O)CNC(=O)c2cc([N+](=O)[O-])ccc2OCC[C@@H](C(=O)NCC(=O)OC(=O)CCSSc2ccccn2)NC1=O. The van der Waals surface area contributed by atoms with Crippen LogP contribution in [0.4, 0.5) is 5.69 Å². The van der Waals surface area contributed by atoms with Crippen molar-refractivity contribution in [3.63, 3.8) is 0 Å². The number of carbonyl (C=O) groups is 6. The molecule has 48 heavy (non-hydrogen) atoms. The van der Waals surface area contributed by atoms with Crippen molar-refractivity contribution in [1.82, 2.24) is 26.3 Å². The number of hydrogen-bond acceptors (Lipinski definition) is 14. The third kappa shape index (κ3) is 12.8. The first-order valence-corrected chi connectivity index (χ1v) is 17.1. The van der Waals surface area contributed by atoms with Crippen molar-refractivity contribution in [3.05, 3.63) is 58.3 Å². The first kappa shape index (κ1) is 37.7. The second-order valence-corrected chi connectivity index (χ2v) is 12.5. The highest BCUT2D eigenvalue weighted by atomic mass is 33.1. The fourth-order valence-electron chi connectivity index (χ4n) is 4.15. The maximum Gasteiger partial charge on any atom is 0.333 e. The van der Waals surface area contributed by atoms with Gasteiger partial charge in [0.15, 0.2) is 0 Å². The average Bonchev–Trinajstić information content (AvgIpc) is 3.07. The van der Waals surface area contributed by atoms with Crippen LogP contribution in [0.25, 0.3) is 0 Å². The number of hydrogen-bond donors (Lipinski definition) is 5. The van der Waals surface area contributed by atoms with Crippen LogP contribution in [0, 0.1) is 10.1 Å². The minimum atomic E-state index is -1.30. The first-order valence-electron chi connectivity index (χ1n) is 14.8. The summed E-state index contributed by atoms with van der Waals surface area (Å²) in [5, 5.41) is 21.8. The van der Waals surface area contributed by atoms with E-state index in [0.717, 1.165) is 17.2 Å². The Balaban J connectivity index is 1.65.